The molecule has 1 saturated carbocycles. The molecule has 112 valence electrons. The summed E-state index contributed by atoms with van der Waals surface area (Å²) in [5.74, 6) is 0.213. The van der Waals surface area contributed by atoms with Crippen molar-refractivity contribution in [3.63, 3.8) is 0 Å². The van der Waals surface area contributed by atoms with Crippen LogP contribution in [-0.4, -0.2) is 22.5 Å². The molecule has 0 aromatic heterocycles. The molecule has 1 aliphatic carbocycles. The Balaban J connectivity index is 3.03. The van der Waals surface area contributed by atoms with Crippen molar-refractivity contribution in [3.8, 4) is 0 Å². The van der Waals surface area contributed by atoms with Gasteiger partial charge in [0.1, 0.15) is 5.67 Å². The number of alkyl halides is 1. The normalized spacial score (nSPS) is 33.3. The lowest BCUT2D eigenvalue weighted by Crippen LogP contribution is -2.63. The fraction of sp³-hybridized carbons (Fsp3) is 0.938. The van der Waals surface area contributed by atoms with Gasteiger partial charge in [-0.05, 0) is 53.4 Å². The summed E-state index contributed by atoms with van der Waals surface area (Å²) < 4.78 is 14.1. The van der Waals surface area contributed by atoms with Crippen LogP contribution in [0.15, 0.2) is 0 Å². The number of nitrogens with one attached hydrogen (secondary N) is 1. The van der Waals surface area contributed by atoms with Crippen LogP contribution < -0.4 is 5.32 Å². The summed E-state index contributed by atoms with van der Waals surface area (Å²) >= 11 is 0. The minimum absolute atomic E-state index is 0.148. The summed E-state index contributed by atoms with van der Waals surface area (Å²) in [6.45, 7) is 13.7. The highest BCUT2D eigenvalue weighted by Crippen LogP contribution is 2.41. The lowest BCUT2D eigenvalue weighted by atomic mass is 9.67. The van der Waals surface area contributed by atoms with Crippen LogP contribution in [0.4, 0.5) is 4.39 Å². The van der Waals surface area contributed by atoms with Crippen LogP contribution in [0, 0.1) is 5.41 Å². The van der Waals surface area contributed by atoms with E-state index in [9.17, 15) is 9.18 Å². The van der Waals surface area contributed by atoms with Crippen molar-refractivity contribution in [1.82, 2.24) is 5.32 Å². The van der Waals surface area contributed by atoms with E-state index in [1.807, 2.05) is 20.8 Å². The van der Waals surface area contributed by atoms with Gasteiger partial charge in [0.15, 0.2) is 5.78 Å². The molecule has 0 aromatic carbocycles. The molecule has 3 heteroatoms. The van der Waals surface area contributed by atoms with Crippen molar-refractivity contribution in [2.75, 3.05) is 0 Å². The second-order valence-electron chi connectivity index (χ2n) is 8.45. The first-order chi connectivity index (χ1) is 8.28. The zero-order valence-corrected chi connectivity index (χ0v) is 13.6. The van der Waals surface area contributed by atoms with E-state index in [0.717, 1.165) is 0 Å². The maximum Gasteiger partial charge on any atom is 0.158 e. The molecule has 0 radical (unpaired) electrons. The van der Waals surface area contributed by atoms with Crippen LogP contribution in [0.2, 0.25) is 0 Å². The first-order valence-corrected chi connectivity index (χ1v) is 7.31. The van der Waals surface area contributed by atoms with Crippen LogP contribution in [0.25, 0.3) is 0 Å². The Bertz CT molecular complexity index is 337. The summed E-state index contributed by atoms with van der Waals surface area (Å²) in [4.78, 5) is 12.8. The van der Waals surface area contributed by atoms with Gasteiger partial charge in [-0.1, -0.05) is 20.8 Å². The zero-order valence-electron chi connectivity index (χ0n) is 13.6. The number of carbonyl (C=O) groups is 1. The third-order valence-electron chi connectivity index (χ3n) is 3.88. The number of rotatable bonds is 2. The molecule has 1 N–H and O–H groups in total. The van der Waals surface area contributed by atoms with E-state index in [-0.39, 0.29) is 11.3 Å². The van der Waals surface area contributed by atoms with Crippen LogP contribution in [0.3, 0.4) is 0 Å². The second-order valence-corrected chi connectivity index (χ2v) is 8.45. The number of halogens is 1. The molecule has 0 aliphatic heterocycles. The van der Waals surface area contributed by atoms with Gasteiger partial charge in [-0.15, -0.1) is 0 Å². The highest BCUT2D eigenvalue weighted by Gasteiger charge is 2.49. The molecule has 1 rings (SSSR count). The van der Waals surface area contributed by atoms with Gasteiger partial charge in [0, 0.05) is 11.0 Å². The van der Waals surface area contributed by atoms with Crippen LogP contribution in [-0.2, 0) is 4.79 Å². The topological polar surface area (TPSA) is 29.1 Å². The SMILES string of the molecule is CC1(F)CCC(NC(C)(C)C)(C(=O)C(C)(C)C)CC1. The summed E-state index contributed by atoms with van der Waals surface area (Å²) in [5, 5.41) is 3.50. The van der Waals surface area contributed by atoms with Gasteiger partial charge in [-0.2, -0.15) is 0 Å². The van der Waals surface area contributed by atoms with E-state index < -0.39 is 16.6 Å². The Morgan fingerprint density at radius 1 is 1.00 bits per heavy atom. The van der Waals surface area contributed by atoms with Crippen molar-refractivity contribution in [2.24, 2.45) is 5.41 Å². The molecule has 0 atom stereocenters. The van der Waals surface area contributed by atoms with E-state index in [2.05, 4.69) is 26.1 Å². The van der Waals surface area contributed by atoms with Crippen molar-refractivity contribution in [1.29, 1.82) is 0 Å². The molecule has 0 unspecified atom stereocenters. The van der Waals surface area contributed by atoms with Gasteiger partial charge in [-0.25, -0.2) is 4.39 Å². The molecule has 1 aliphatic rings. The molecular formula is C16H30FNO. The lowest BCUT2D eigenvalue weighted by molar-refractivity contribution is -0.137. The largest absolute Gasteiger partial charge is 0.300 e. The monoisotopic (exact) mass is 271 g/mol. The Morgan fingerprint density at radius 2 is 1.42 bits per heavy atom. The van der Waals surface area contributed by atoms with Gasteiger partial charge < -0.3 is 5.32 Å². The van der Waals surface area contributed by atoms with Crippen LogP contribution in [0.1, 0.15) is 74.1 Å². The molecule has 0 bridgehead atoms. The summed E-state index contributed by atoms with van der Waals surface area (Å²) in [7, 11) is 0. The van der Waals surface area contributed by atoms with Crippen molar-refractivity contribution >= 4 is 5.78 Å². The van der Waals surface area contributed by atoms with E-state index in [1.165, 1.54) is 0 Å². The van der Waals surface area contributed by atoms with E-state index in [1.54, 1.807) is 6.92 Å². The minimum atomic E-state index is -1.12. The molecule has 19 heavy (non-hydrogen) atoms. The molecular weight excluding hydrogens is 241 g/mol. The number of ketones is 1. The zero-order chi connectivity index (χ0) is 15.1. The average molecular weight is 271 g/mol. The molecule has 0 spiro atoms. The Morgan fingerprint density at radius 3 is 1.74 bits per heavy atom. The van der Waals surface area contributed by atoms with Crippen molar-refractivity contribution in [3.05, 3.63) is 0 Å². The summed E-state index contributed by atoms with van der Waals surface area (Å²) in [6.07, 6.45) is 2.09. The average Bonchev–Trinajstić information content (AvgIpc) is 2.17. The maximum absolute atomic E-state index is 14.1. The van der Waals surface area contributed by atoms with Gasteiger partial charge in [0.2, 0.25) is 0 Å². The highest BCUT2D eigenvalue weighted by molar-refractivity contribution is 5.93. The fourth-order valence-electron chi connectivity index (χ4n) is 3.04. The number of hydrogen-bond acceptors (Lipinski definition) is 2. The molecule has 0 aromatic rings. The minimum Gasteiger partial charge on any atom is -0.300 e. The lowest BCUT2D eigenvalue weighted by Gasteiger charge is -2.47. The third kappa shape index (κ3) is 4.27. The molecule has 0 saturated heterocycles. The van der Waals surface area contributed by atoms with Gasteiger partial charge in [-0.3, -0.25) is 4.79 Å². The Hall–Kier alpha value is -0.440. The number of Topliss-reactive ketones (excluding diaryl/α,β-unsaturated/α-hetero) is 1. The van der Waals surface area contributed by atoms with Crippen LogP contribution >= 0.6 is 0 Å². The Kier molecular flexibility index (Phi) is 4.23. The first kappa shape index (κ1) is 16.6. The van der Waals surface area contributed by atoms with Crippen molar-refractivity contribution < 1.29 is 9.18 Å². The molecule has 1 fully saturated rings. The van der Waals surface area contributed by atoms with E-state index >= 15 is 0 Å². The first-order valence-electron chi connectivity index (χ1n) is 7.31. The Labute approximate surface area is 117 Å². The molecule has 0 heterocycles. The quantitative estimate of drug-likeness (QED) is 0.821. The summed E-state index contributed by atoms with van der Waals surface area (Å²) in [5.41, 5.74) is -2.24. The third-order valence-corrected chi connectivity index (χ3v) is 3.88. The fourth-order valence-corrected chi connectivity index (χ4v) is 3.04. The molecule has 0 amide bonds. The highest BCUT2D eigenvalue weighted by atomic mass is 19.1. The number of hydrogen-bond donors (Lipinski definition) is 1. The van der Waals surface area contributed by atoms with E-state index in [4.69, 9.17) is 0 Å². The standard InChI is InChI=1S/C16H30FNO/c1-13(2,3)12(19)16(18-14(4,5)6)10-8-15(7,17)9-11-16/h18H,8-11H2,1-7H3. The number of carbonyl (C=O) groups excluding carboxylic acids is 1. The van der Waals surface area contributed by atoms with Crippen molar-refractivity contribution in [2.45, 2.75) is 90.9 Å². The smallest absolute Gasteiger partial charge is 0.158 e. The maximum atomic E-state index is 14.1. The predicted octanol–water partition coefficient (Wildman–Crippen LogP) is 4.03. The van der Waals surface area contributed by atoms with Gasteiger partial charge in [0.25, 0.3) is 0 Å². The molecule has 2 nitrogen and oxygen atoms in total. The second kappa shape index (κ2) is 4.83. The van der Waals surface area contributed by atoms with Gasteiger partial charge >= 0.3 is 0 Å². The van der Waals surface area contributed by atoms with Gasteiger partial charge in [0.05, 0.1) is 5.54 Å². The summed E-state index contributed by atoms with van der Waals surface area (Å²) in [6, 6.07) is 0. The van der Waals surface area contributed by atoms with Crippen LogP contribution in [0.5, 0.6) is 0 Å². The van der Waals surface area contributed by atoms with E-state index in [0.29, 0.717) is 25.7 Å². The predicted molar refractivity (Wildman–Crippen MR) is 78.1 cm³/mol.